The minimum atomic E-state index is -0.729. The Morgan fingerprint density at radius 1 is 1.22 bits per heavy atom. The summed E-state index contributed by atoms with van der Waals surface area (Å²) in [5, 5.41) is 9.05. The highest BCUT2D eigenvalue weighted by molar-refractivity contribution is 5.68. The summed E-state index contributed by atoms with van der Waals surface area (Å²) in [6, 6.07) is 8.42. The van der Waals surface area contributed by atoms with Gasteiger partial charge >= 0.3 is 5.97 Å². The molecule has 0 aliphatic carbocycles. The van der Waals surface area contributed by atoms with Crippen molar-refractivity contribution in [3.05, 3.63) is 35.4 Å². The van der Waals surface area contributed by atoms with Gasteiger partial charge in [0.15, 0.2) is 0 Å². The summed E-state index contributed by atoms with van der Waals surface area (Å²) in [5.41, 5.74) is 2.42. The molecule has 1 aromatic rings. The highest BCUT2D eigenvalue weighted by Crippen LogP contribution is 2.37. The number of carbonyl (C=O) groups is 1. The first-order valence-corrected chi connectivity index (χ1v) is 6.65. The number of aryl methyl sites for hydroxylation is 1. The van der Waals surface area contributed by atoms with E-state index in [1.54, 1.807) is 0 Å². The largest absolute Gasteiger partial charge is 0.481 e. The zero-order valence-electron chi connectivity index (χ0n) is 11.9. The Labute approximate surface area is 110 Å². The fraction of sp³-hybridized carbons (Fsp3) is 0.562. The average Bonchev–Trinajstić information content (AvgIpc) is 2.26. The van der Waals surface area contributed by atoms with E-state index in [0.29, 0.717) is 0 Å². The van der Waals surface area contributed by atoms with Gasteiger partial charge in [-0.1, -0.05) is 58.4 Å². The van der Waals surface area contributed by atoms with Crippen LogP contribution in [0.2, 0.25) is 0 Å². The summed E-state index contributed by atoms with van der Waals surface area (Å²) >= 11 is 0. The van der Waals surface area contributed by atoms with Crippen molar-refractivity contribution in [2.45, 2.75) is 52.9 Å². The Morgan fingerprint density at radius 3 is 2.17 bits per heavy atom. The molecule has 0 amide bonds. The summed E-state index contributed by atoms with van der Waals surface area (Å²) in [6.07, 6.45) is 2.41. The van der Waals surface area contributed by atoms with Gasteiger partial charge in [-0.05, 0) is 28.9 Å². The number of carboxylic acid groups (broad SMARTS) is 1. The summed E-state index contributed by atoms with van der Waals surface area (Å²) in [5.74, 6) is -0.668. The van der Waals surface area contributed by atoms with Crippen LogP contribution in [0.25, 0.3) is 0 Å². The third-order valence-electron chi connectivity index (χ3n) is 3.34. The fourth-order valence-electron chi connectivity index (χ4n) is 2.30. The number of rotatable bonds is 5. The summed E-state index contributed by atoms with van der Waals surface area (Å²) < 4.78 is 0. The van der Waals surface area contributed by atoms with Crippen LogP contribution in [0.1, 0.15) is 57.6 Å². The van der Waals surface area contributed by atoms with Gasteiger partial charge in [0.2, 0.25) is 0 Å². The van der Waals surface area contributed by atoms with Crippen LogP contribution < -0.4 is 0 Å². The van der Waals surface area contributed by atoms with E-state index in [4.69, 9.17) is 5.11 Å². The molecule has 2 heteroatoms. The molecule has 0 saturated carbocycles. The third-order valence-corrected chi connectivity index (χ3v) is 3.34. The lowest BCUT2D eigenvalue weighted by Crippen LogP contribution is -2.21. The zero-order chi connectivity index (χ0) is 13.8. The predicted octanol–water partition coefficient (Wildman–Crippen LogP) is 4.24. The maximum absolute atomic E-state index is 11.0. The predicted molar refractivity (Wildman–Crippen MR) is 74.9 cm³/mol. The molecule has 0 radical (unpaired) electrons. The first kappa shape index (κ1) is 14.7. The lowest BCUT2D eigenvalue weighted by Gasteiger charge is -2.30. The van der Waals surface area contributed by atoms with Gasteiger partial charge in [-0.25, -0.2) is 0 Å². The van der Waals surface area contributed by atoms with Crippen molar-refractivity contribution in [2.75, 3.05) is 0 Å². The van der Waals surface area contributed by atoms with Gasteiger partial charge in [-0.15, -0.1) is 0 Å². The van der Waals surface area contributed by atoms with Crippen molar-refractivity contribution in [2.24, 2.45) is 5.41 Å². The standard InChI is InChI=1S/C16H24O2/c1-5-6-12-7-9-13(10-8-12)14(11-15(17)18)16(2,3)4/h7-10,14H,5-6,11H2,1-4H3,(H,17,18). The number of hydrogen-bond acceptors (Lipinski definition) is 1. The topological polar surface area (TPSA) is 37.3 Å². The van der Waals surface area contributed by atoms with Crippen LogP contribution in [0.4, 0.5) is 0 Å². The van der Waals surface area contributed by atoms with Crippen LogP contribution >= 0.6 is 0 Å². The van der Waals surface area contributed by atoms with E-state index in [1.807, 2.05) is 0 Å². The molecule has 1 rings (SSSR count). The van der Waals surface area contributed by atoms with Crippen molar-refractivity contribution in [1.29, 1.82) is 0 Å². The molecule has 0 saturated heterocycles. The molecule has 1 N–H and O–H groups in total. The van der Waals surface area contributed by atoms with Gasteiger partial charge in [0, 0.05) is 0 Å². The summed E-state index contributed by atoms with van der Waals surface area (Å²) in [6.45, 7) is 8.46. The van der Waals surface area contributed by atoms with Crippen molar-refractivity contribution in [3.8, 4) is 0 Å². The molecule has 100 valence electrons. The minimum absolute atomic E-state index is 0.0370. The van der Waals surface area contributed by atoms with Crippen LogP contribution in [-0.2, 0) is 11.2 Å². The molecule has 2 nitrogen and oxygen atoms in total. The molecule has 0 heterocycles. The second-order valence-electron chi connectivity index (χ2n) is 6.01. The molecule has 1 unspecified atom stereocenters. The molecule has 0 aromatic heterocycles. The highest BCUT2D eigenvalue weighted by atomic mass is 16.4. The van der Waals surface area contributed by atoms with Crippen LogP contribution in [0.15, 0.2) is 24.3 Å². The van der Waals surface area contributed by atoms with E-state index < -0.39 is 5.97 Å². The third kappa shape index (κ3) is 4.17. The van der Waals surface area contributed by atoms with E-state index in [0.717, 1.165) is 18.4 Å². The highest BCUT2D eigenvalue weighted by Gasteiger charge is 2.28. The Morgan fingerprint density at radius 2 is 1.78 bits per heavy atom. The van der Waals surface area contributed by atoms with Crippen LogP contribution in [0.5, 0.6) is 0 Å². The Hall–Kier alpha value is -1.31. The molecular formula is C16H24O2. The van der Waals surface area contributed by atoms with Crippen LogP contribution in [0.3, 0.4) is 0 Å². The normalized spacial score (nSPS) is 13.3. The Balaban J connectivity index is 2.95. The SMILES string of the molecule is CCCc1ccc(C(CC(=O)O)C(C)(C)C)cc1. The Bertz CT molecular complexity index is 385. The molecule has 0 aliphatic heterocycles. The molecule has 18 heavy (non-hydrogen) atoms. The number of benzene rings is 1. The van der Waals surface area contributed by atoms with Gasteiger partial charge in [-0.2, -0.15) is 0 Å². The first-order chi connectivity index (χ1) is 8.34. The van der Waals surface area contributed by atoms with E-state index in [2.05, 4.69) is 52.0 Å². The van der Waals surface area contributed by atoms with Gasteiger partial charge in [-0.3, -0.25) is 4.79 Å². The van der Waals surface area contributed by atoms with Crippen LogP contribution in [-0.4, -0.2) is 11.1 Å². The van der Waals surface area contributed by atoms with Gasteiger partial charge < -0.3 is 5.11 Å². The second kappa shape index (κ2) is 6.03. The van der Waals surface area contributed by atoms with Crippen molar-refractivity contribution >= 4 is 5.97 Å². The van der Waals surface area contributed by atoms with E-state index in [-0.39, 0.29) is 17.8 Å². The maximum atomic E-state index is 11.0. The summed E-state index contributed by atoms with van der Waals surface area (Å²) in [4.78, 5) is 11.0. The van der Waals surface area contributed by atoms with Crippen molar-refractivity contribution in [1.82, 2.24) is 0 Å². The minimum Gasteiger partial charge on any atom is -0.481 e. The van der Waals surface area contributed by atoms with E-state index >= 15 is 0 Å². The molecular weight excluding hydrogens is 224 g/mol. The first-order valence-electron chi connectivity index (χ1n) is 6.65. The maximum Gasteiger partial charge on any atom is 0.303 e. The average molecular weight is 248 g/mol. The quantitative estimate of drug-likeness (QED) is 0.846. The Kier molecular flexibility index (Phi) is 4.94. The molecule has 0 spiro atoms. The van der Waals surface area contributed by atoms with E-state index in [9.17, 15) is 4.79 Å². The number of aliphatic carboxylic acids is 1. The van der Waals surface area contributed by atoms with Gasteiger partial charge in [0.1, 0.15) is 0 Å². The second-order valence-corrected chi connectivity index (χ2v) is 6.01. The summed E-state index contributed by atoms with van der Waals surface area (Å²) in [7, 11) is 0. The molecule has 0 fully saturated rings. The zero-order valence-corrected chi connectivity index (χ0v) is 11.9. The lowest BCUT2D eigenvalue weighted by molar-refractivity contribution is -0.138. The van der Waals surface area contributed by atoms with E-state index in [1.165, 1.54) is 5.56 Å². The van der Waals surface area contributed by atoms with Crippen molar-refractivity contribution in [3.63, 3.8) is 0 Å². The van der Waals surface area contributed by atoms with Gasteiger partial charge in [0.05, 0.1) is 6.42 Å². The molecule has 0 aliphatic rings. The number of carboxylic acids is 1. The smallest absolute Gasteiger partial charge is 0.303 e. The van der Waals surface area contributed by atoms with Crippen LogP contribution in [0, 0.1) is 5.41 Å². The molecule has 1 atom stereocenters. The number of hydrogen-bond donors (Lipinski definition) is 1. The molecule has 1 aromatic carbocycles. The molecule has 0 bridgehead atoms. The monoisotopic (exact) mass is 248 g/mol. The lowest BCUT2D eigenvalue weighted by atomic mass is 9.74. The van der Waals surface area contributed by atoms with Gasteiger partial charge in [0.25, 0.3) is 0 Å². The van der Waals surface area contributed by atoms with Crippen molar-refractivity contribution < 1.29 is 9.90 Å². The fourth-order valence-corrected chi connectivity index (χ4v) is 2.30.